The lowest BCUT2D eigenvalue weighted by Gasteiger charge is -2.34. The van der Waals surface area contributed by atoms with Gasteiger partial charge in [-0.1, -0.05) is 36.4 Å². The molecule has 2 aromatic rings. The van der Waals surface area contributed by atoms with Crippen molar-refractivity contribution in [1.29, 1.82) is 0 Å². The molecule has 0 saturated carbocycles. The average molecular weight is 368 g/mol. The summed E-state index contributed by atoms with van der Waals surface area (Å²) in [6.45, 7) is 1.12. The van der Waals surface area contributed by atoms with Crippen LogP contribution >= 0.6 is 0 Å². The quantitative estimate of drug-likeness (QED) is 0.789. The predicted octanol–water partition coefficient (Wildman–Crippen LogP) is 1.91. The molecule has 0 radical (unpaired) electrons. The number of nitrogens with zero attached hydrogens (tertiary/aromatic N) is 1. The molecule has 6 heteroatoms. The molecular weight excluding hydrogens is 344 g/mol. The van der Waals surface area contributed by atoms with Gasteiger partial charge in [0.1, 0.15) is 11.8 Å². The Morgan fingerprint density at radius 1 is 1.07 bits per heavy atom. The highest BCUT2D eigenvalue weighted by molar-refractivity contribution is 5.81. The second kappa shape index (κ2) is 8.68. The predicted molar refractivity (Wildman–Crippen MR) is 101 cm³/mol. The molecule has 1 aliphatic rings. The van der Waals surface area contributed by atoms with Crippen LogP contribution in [0.15, 0.2) is 48.5 Å². The summed E-state index contributed by atoms with van der Waals surface area (Å²) in [6, 6.07) is 15.1. The van der Waals surface area contributed by atoms with Crippen LogP contribution in [0.3, 0.4) is 0 Å². The minimum Gasteiger partial charge on any atom is -0.497 e. The van der Waals surface area contributed by atoms with Gasteiger partial charge in [-0.3, -0.25) is 14.5 Å². The van der Waals surface area contributed by atoms with Gasteiger partial charge in [0, 0.05) is 13.1 Å². The van der Waals surface area contributed by atoms with Gasteiger partial charge in [-0.25, -0.2) is 0 Å². The Morgan fingerprint density at radius 3 is 2.44 bits per heavy atom. The second-order valence-electron chi connectivity index (χ2n) is 6.54. The Labute approximate surface area is 159 Å². The van der Waals surface area contributed by atoms with E-state index in [1.54, 1.807) is 7.11 Å². The Balaban J connectivity index is 1.62. The fourth-order valence-electron chi connectivity index (χ4n) is 3.30. The van der Waals surface area contributed by atoms with E-state index < -0.39 is 6.04 Å². The van der Waals surface area contributed by atoms with Gasteiger partial charge in [0.2, 0.25) is 5.91 Å². The van der Waals surface area contributed by atoms with E-state index in [0.717, 1.165) is 22.4 Å². The monoisotopic (exact) mass is 368 g/mol. The van der Waals surface area contributed by atoms with Crippen molar-refractivity contribution in [3.63, 3.8) is 0 Å². The Bertz CT molecular complexity index is 804. The van der Waals surface area contributed by atoms with Gasteiger partial charge in [-0.15, -0.1) is 0 Å². The molecule has 0 aliphatic carbocycles. The van der Waals surface area contributed by atoms with E-state index in [1.165, 1.54) is 7.11 Å². The van der Waals surface area contributed by atoms with Crippen molar-refractivity contribution in [1.82, 2.24) is 10.2 Å². The van der Waals surface area contributed by atoms with Crippen LogP contribution < -0.4 is 10.1 Å². The van der Waals surface area contributed by atoms with Crippen molar-refractivity contribution in [2.75, 3.05) is 20.8 Å². The van der Waals surface area contributed by atoms with E-state index in [0.29, 0.717) is 19.5 Å². The molecule has 2 aromatic carbocycles. The Hall–Kier alpha value is -2.86. The zero-order chi connectivity index (χ0) is 19.2. The van der Waals surface area contributed by atoms with Crippen molar-refractivity contribution in [3.8, 4) is 5.75 Å². The number of ether oxygens (including phenoxy) is 2. The van der Waals surface area contributed by atoms with Gasteiger partial charge < -0.3 is 14.8 Å². The van der Waals surface area contributed by atoms with E-state index >= 15 is 0 Å². The third-order valence-corrected chi connectivity index (χ3v) is 4.81. The van der Waals surface area contributed by atoms with E-state index in [1.807, 2.05) is 53.4 Å². The average Bonchev–Trinajstić information content (AvgIpc) is 2.71. The fraction of sp³-hybridized carbons (Fsp3) is 0.333. The van der Waals surface area contributed by atoms with Crippen LogP contribution in [0.2, 0.25) is 0 Å². The SMILES string of the molecule is COC(=O)[C@@H]1Cc2ccccc2CN1CC(=O)NCc1ccc(OC)cc1. The smallest absolute Gasteiger partial charge is 0.323 e. The molecule has 0 unspecified atom stereocenters. The van der Waals surface area contributed by atoms with Gasteiger partial charge in [0.15, 0.2) is 0 Å². The number of benzene rings is 2. The van der Waals surface area contributed by atoms with Crippen LogP contribution in [0, 0.1) is 0 Å². The number of esters is 1. The highest BCUT2D eigenvalue weighted by atomic mass is 16.5. The Kier molecular flexibility index (Phi) is 6.08. The normalized spacial score (nSPS) is 16.3. The minimum atomic E-state index is -0.448. The van der Waals surface area contributed by atoms with Crippen molar-refractivity contribution in [2.45, 2.75) is 25.6 Å². The topological polar surface area (TPSA) is 67.9 Å². The summed E-state index contributed by atoms with van der Waals surface area (Å²) in [5.41, 5.74) is 3.25. The molecule has 0 aromatic heterocycles. The number of amides is 1. The summed E-state index contributed by atoms with van der Waals surface area (Å²) < 4.78 is 10.1. The second-order valence-corrected chi connectivity index (χ2v) is 6.54. The molecule has 1 atom stereocenters. The van der Waals surface area contributed by atoms with Crippen LogP contribution in [-0.2, 0) is 33.8 Å². The highest BCUT2D eigenvalue weighted by Crippen LogP contribution is 2.23. The number of rotatable bonds is 6. The zero-order valence-electron chi connectivity index (χ0n) is 15.6. The van der Waals surface area contributed by atoms with Crippen LogP contribution in [0.1, 0.15) is 16.7 Å². The molecule has 1 N–H and O–H groups in total. The lowest BCUT2D eigenvalue weighted by molar-refractivity contribution is -0.148. The van der Waals surface area contributed by atoms with Crippen LogP contribution in [0.25, 0.3) is 0 Å². The van der Waals surface area contributed by atoms with E-state index in [2.05, 4.69) is 5.32 Å². The van der Waals surface area contributed by atoms with Gasteiger partial charge in [-0.05, 0) is 35.2 Å². The third kappa shape index (κ3) is 4.65. The molecule has 0 fully saturated rings. The van der Waals surface area contributed by atoms with Crippen molar-refractivity contribution >= 4 is 11.9 Å². The summed E-state index contributed by atoms with van der Waals surface area (Å²) in [5.74, 6) is 0.338. The first-order valence-corrected chi connectivity index (χ1v) is 8.89. The summed E-state index contributed by atoms with van der Waals surface area (Å²) in [5, 5.41) is 2.91. The van der Waals surface area contributed by atoms with Crippen LogP contribution in [-0.4, -0.2) is 43.6 Å². The molecule has 142 valence electrons. The lowest BCUT2D eigenvalue weighted by atomic mass is 9.94. The number of carbonyl (C=O) groups is 2. The first-order chi connectivity index (χ1) is 13.1. The molecule has 1 heterocycles. The van der Waals surface area contributed by atoms with Crippen molar-refractivity contribution in [3.05, 3.63) is 65.2 Å². The van der Waals surface area contributed by atoms with E-state index in [-0.39, 0.29) is 18.4 Å². The lowest BCUT2D eigenvalue weighted by Crippen LogP contribution is -2.49. The number of carbonyl (C=O) groups excluding carboxylic acids is 2. The Morgan fingerprint density at radius 2 is 1.78 bits per heavy atom. The largest absolute Gasteiger partial charge is 0.497 e. The molecule has 3 rings (SSSR count). The summed E-state index contributed by atoms with van der Waals surface area (Å²) in [6.07, 6.45) is 0.550. The maximum absolute atomic E-state index is 12.4. The standard InChI is InChI=1S/C21H24N2O4/c1-26-18-9-7-15(8-10-18)12-22-20(24)14-23-13-17-6-4-3-5-16(17)11-19(23)21(25)27-2/h3-10,19H,11-14H2,1-2H3,(H,22,24)/t19-/m0/s1. The molecule has 0 spiro atoms. The molecule has 1 amide bonds. The number of methoxy groups -OCH3 is 2. The highest BCUT2D eigenvalue weighted by Gasteiger charge is 2.33. The fourth-order valence-corrected chi connectivity index (χ4v) is 3.30. The first-order valence-electron chi connectivity index (χ1n) is 8.89. The summed E-state index contributed by atoms with van der Waals surface area (Å²) in [7, 11) is 3.00. The van der Waals surface area contributed by atoms with Gasteiger partial charge >= 0.3 is 5.97 Å². The maximum atomic E-state index is 12.4. The van der Waals surface area contributed by atoms with Gasteiger partial charge in [0.25, 0.3) is 0 Å². The first kappa shape index (κ1) is 18.9. The van der Waals surface area contributed by atoms with Crippen LogP contribution in [0.4, 0.5) is 0 Å². The molecule has 27 heavy (non-hydrogen) atoms. The molecule has 6 nitrogen and oxygen atoms in total. The summed E-state index contributed by atoms with van der Waals surface area (Å²) >= 11 is 0. The van der Waals surface area contributed by atoms with E-state index in [9.17, 15) is 9.59 Å². The van der Waals surface area contributed by atoms with Crippen LogP contribution in [0.5, 0.6) is 5.75 Å². The van der Waals surface area contributed by atoms with Gasteiger partial charge in [-0.2, -0.15) is 0 Å². The zero-order valence-corrected chi connectivity index (χ0v) is 15.6. The van der Waals surface area contributed by atoms with Crippen molar-refractivity contribution < 1.29 is 19.1 Å². The van der Waals surface area contributed by atoms with Crippen molar-refractivity contribution in [2.24, 2.45) is 0 Å². The molecule has 1 aliphatic heterocycles. The number of fused-ring (bicyclic) bond motifs is 1. The number of hydrogen-bond donors (Lipinski definition) is 1. The number of hydrogen-bond acceptors (Lipinski definition) is 5. The molecule has 0 saturated heterocycles. The molecule has 0 bridgehead atoms. The summed E-state index contributed by atoms with van der Waals surface area (Å²) in [4.78, 5) is 26.5. The maximum Gasteiger partial charge on any atom is 0.323 e. The van der Waals surface area contributed by atoms with Gasteiger partial charge in [0.05, 0.1) is 20.8 Å². The minimum absolute atomic E-state index is 0.126. The third-order valence-electron chi connectivity index (χ3n) is 4.81. The van der Waals surface area contributed by atoms with E-state index in [4.69, 9.17) is 9.47 Å². The number of nitrogens with one attached hydrogen (secondary N) is 1. The molecular formula is C21H24N2O4.